The molecular formula is C6H3ClFN3. The Morgan fingerprint density at radius 1 is 1.45 bits per heavy atom. The van der Waals surface area contributed by atoms with Crippen molar-refractivity contribution in [1.82, 2.24) is 15.2 Å². The van der Waals surface area contributed by atoms with Crippen LogP contribution in [0, 0.1) is 5.82 Å². The van der Waals surface area contributed by atoms with Crippen molar-refractivity contribution in [2.24, 2.45) is 0 Å². The minimum absolute atomic E-state index is 0.235. The molecule has 0 fully saturated rings. The van der Waals surface area contributed by atoms with Crippen LogP contribution in [0.4, 0.5) is 4.39 Å². The fraction of sp³-hybridized carbons (Fsp3) is 0. The van der Waals surface area contributed by atoms with Gasteiger partial charge >= 0.3 is 0 Å². The molecule has 0 atom stereocenters. The lowest BCUT2D eigenvalue weighted by Crippen LogP contribution is -1.81. The molecule has 2 heterocycles. The Kier molecular flexibility index (Phi) is 1.29. The Morgan fingerprint density at radius 2 is 2.27 bits per heavy atom. The minimum Gasteiger partial charge on any atom is -0.275 e. The normalized spacial score (nSPS) is 10.7. The van der Waals surface area contributed by atoms with E-state index in [2.05, 4.69) is 15.2 Å². The van der Waals surface area contributed by atoms with Crippen LogP contribution in [0.15, 0.2) is 12.4 Å². The van der Waals surface area contributed by atoms with Crippen molar-refractivity contribution in [3.8, 4) is 0 Å². The van der Waals surface area contributed by atoms with Crippen molar-refractivity contribution in [3.63, 3.8) is 0 Å². The molecule has 0 bridgehead atoms. The van der Waals surface area contributed by atoms with Gasteiger partial charge in [0.25, 0.3) is 0 Å². The first-order chi connectivity index (χ1) is 5.29. The summed E-state index contributed by atoms with van der Waals surface area (Å²) in [4.78, 5) is 3.60. The predicted octanol–water partition coefficient (Wildman–Crippen LogP) is 1.75. The highest BCUT2D eigenvalue weighted by atomic mass is 35.5. The standard InChI is InChI=1S/C6H3ClFN3/c7-6-5-3(1-10-11-5)4(8)2-9-6/h1-2H,(H,10,11). The first-order valence-corrected chi connectivity index (χ1v) is 3.30. The molecule has 0 aliphatic rings. The van der Waals surface area contributed by atoms with Gasteiger partial charge in [0.15, 0.2) is 11.0 Å². The van der Waals surface area contributed by atoms with Crippen molar-refractivity contribution in [1.29, 1.82) is 0 Å². The van der Waals surface area contributed by atoms with Crippen LogP contribution in [0.5, 0.6) is 0 Å². The summed E-state index contributed by atoms with van der Waals surface area (Å²) in [6.07, 6.45) is 2.44. The van der Waals surface area contributed by atoms with Crippen molar-refractivity contribution in [2.45, 2.75) is 0 Å². The molecular weight excluding hydrogens is 169 g/mol. The molecule has 2 rings (SSSR count). The number of H-pyrrole nitrogens is 1. The van der Waals surface area contributed by atoms with Crippen molar-refractivity contribution < 1.29 is 4.39 Å². The fourth-order valence-corrected chi connectivity index (χ4v) is 1.06. The van der Waals surface area contributed by atoms with Gasteiger partial charge in [-0.2, -0.15) is 5.10 Å². The maximum atomic E-state index is 12.8. The van der Waals surface area contributed by atoms with Gasteiger partial charge in [-0.05, 0) is 0 Å². The number of rotatable bonds is 0. The summed E-state index contributed by atoms with van der Waals surface area (Å²) in [5.74, 6) is -0.418. The number of hydrogen-bond donors (Lipinski definition) is 1. The van der Waals surface area contributed by atoms with E-state index in [1.807, 2.05) is 0 Å². The van der Waals surface area contributed by atoms with Crippen LogP contribution in [-0.2, 0) is 0 Å². The first-order valence-electron chi connectivity index (χ1n) is 2.92. The maximum absolute atomic E-state index is 12.8. The highest BCUT2D eigenvalue weighted by Crippen LogP contribution is 2.19. The Hall–Kier alpha value is -1.16. The number of aromatic nitrogens is 3. The Balaban J connectivity index is 2.96. The second-order valence-corrected chi connectivity index (χ2v) is 2.41. The average Bonchev–Trinajstić information content (AvgIpc) is 2.45. The molecule has 0 radical (unpaired) electrons. The minimum atomic E-state index is -0.418. The summed E-state index contributed by atoms with van der Waals surface area (Å²) in [5.41, 5.74) is 0.437. The van der Waals surface area contributed by atoms with Gasteiger partial charge in [-0.3, -0.25) is 5.10 Å². The van der Waals surface area contributed by atoms with E-state index in [-0.39, 0.29) is 5.15 Å². The second kappa shape index (κ2) is 2.17. The molecule has 0 unspecified atom stereocenters. The zero-order chi connectivity index (χ0) is 7.84. The molecule has 0 aromatic carbocycles. The van der Waals surface area contributed by atoms with E-state index in [0.29, 0.717) is 10.9 Å². The van der Waals surface area contributed by atoms with Crippen molar-refractivity contribution in [2.75, 3.05) is 0 Å². The molecule has 5 heteroatoms. The quantitative estimate of drug-likeness (QED) is 0.614. The largest absolute Gasteiger partial charge is 0.275 e. The molecule has 3 nitrogen and oxygen atoms in total. The first kappa shape index (κ1) is 6.54. The number of halogens is 2. The summed E-state index contributed by atoms with van der Waals surface area (Å²) < 4.78 is 12.8. The number of pyridine rings is 1. The topological polar surface area (TPSA) is 41.6 Å². The molecule has 56 valence electrons. The van der Waals surface area contributed by atoms with Gasteiger partial charge in [0, 0.05) is 0 Å². The molecule has 0 saturated carbocycles. The van der Waals surface area contributed by atoms with Gasteiger partial charge in [-0.1, -0.05) is 11.6 Å². The molecule has 0 aliphatic heterocycles. The third kappa shape index (κ3) is 0.867. The van der Waals surface area contributed by atoms with Gasteiger partial charge in [0.1, 0.15) is 5.52 Å². The summed E-state index contributed by atoms with van der Waals surface area (Å²) in [7, 11) is 0. The zero-order valence-corrected chi connectivity index (χ0v) is 6.06. The van der Waals surface area contributed by atoms with Crippen molar-refractivity contribution >= 4 is 22.5 Å². The van der Waals surface area contributed by atoms with Crippen LogP contribution in [-0.4, -0.2) is 15.2 Å². The molecule has 2 aromatic heterocycles. The van der Waals surface area contributed by atoms with E-state index in [4.69, 9.17) is 11.6 Å². The van der Waals surface area contributed by atoms with Gasteiger partial charge in [0.05, 0.1) is 17.8 Å². The smallest absolute Gasteiger partial charge is 0.154 e. The number of aromatic amines is 1. The van der Waals surface area contributed by atoms with Gasteiger partial charge in [-0.15, -0.1) is 0 Å². The average molecular weight is 172 g/mol. The van der Waals surface area contributed by atoms with Gasteiger partial charge in [-0.25, -0.2) is 9.37 Å². The molecule has 0 saturated heterocycles. The highest BCUT2D eigenvalue weighted by Gasteiger charge is 2.06. The number of nitrogens with one attached hydrogen (secondary N) is 1. The lowest BCUT2D eigenvalue weighted by Gasteiger charge is -1.91. The summed E-state index contributed by atoms with van der Waals surface area (Å²) >= 11 is 5.62. The number of hydrogen-bond acceptors (Lipinski definition) is 2. The molecule has 2 aromatic rings. The van der Waals surface area contributed by atoms with Crippen LogP contribution < -0.4 is 0 Å². The van der Waals surface area contributed by atoms with E-state index in [0.717, 1.165) is 6.20 Å². The molecule has 0 aliphatic carbocycles. The molecule has 11 heavy (non-hydrogen) atoms. The summed E-state index contributed by atoms with van der Waals surface area (Å²) in [6.45, 7) is 0. The van der Waals surface area contributed by atoms with Crippen LogP contribution in [0.25, 0.3) is 10.9 Å². The number of nitrogens with zero attached hydrogens (tertiary/aromatic N) is 2. The predicted molar refractivity (Wildman–Crippen MR) is 38.9 cm³/mol. The maximum Gasteiger partial charge on any atom is 0.154 e. The van der Waals surface area contributed by atoms with E-state index in [9.17, 15) is 4.39 Å². The SMILES string of the molecule is Fc1cnc(Cl)c2[nH]ncc12. The Morgan fingerprint density at radius 3 is 3.00 bits per heavy atom. The molecule has 0 spiro atoms. The van der Waals surface area contributed by atoms with E-state index in [1.165, 1.54) is 6.20 Å². The summed E-state index contributed by atoms with van der Waals surface area (Å²) in [6, 6.07) is 0. The van der Waals surface area contributed by atoms with Crippen LogP contribution in [0.1, 0.15) is 0 Å². The second-order valence-electron chi connectivity index (χ2n) is 2.06. The van der Waals surface area contributed by atoms with Crippen LogP contribution >= 0.6 is 11.6 Å². The monoisotopic (exact) mass is 171 g/mol. The zero-order valence-electron chi connectivity index (χ0n) is 5.31. The van der Waals surface area contributed by atoms with E-state index in [1.54, 1.807) is 0 Å². The van der Waals surface area contributed by atoms with Crippen LogP contribution in [0.3, 0.4) is 0 Å². The third-order valence-electron chi connectivity index (χ3n) is 1.39. The highest BCUT2D eigenvalue weighted by molar-refractivity contribution is 6.33. The molecule has 1 N–H and O–H groups in total. The van der Waals surface area contributed by atoms with Gasteiger partial charge < -0.3 is 0 Å². The lowest BCUT2D eigenvalue weighted by atomic mass is 10.3. The number of fused-ring (bicyclic) bond motifs is 1. The van der Waals surface area contributed by atoms with E-state index >= 15 is 0 Å². The van der Waals surface area contributed by atoms with Gasteiger partial charge in [0.2, 0.25) is 0 Å². The summed E-state index contributed by atoms with van der Waals surface area (Å²) in [5, 5.41) is 6.78. The fourth-order valence-electron chi connectivity index (χ4n) is 0.872. The lowest BCUT2D eigenvalue weighted by molar-refractivity contribution is 0.634. The third-order valence-corrected chi connectivity index (χ3v) is 1.68. The Labute approximate surface area is 66.2 Å². The van der Waals surface area contributed by atoms with Crippen molar-refractivity contribution in [3.05, 3.63) is 23.4 Å². The Bertz CT molecular complexity index is 362. The van der Waals surface area contributed by atoms with E-state index < -0.39 is 5.82 Å². The molecule has 0 amide bonds. The van der Waals surface area contributed by atoms with Crippen LogP contribution in [0.2, 0.25) is 5.15 Å².